The highest BCUT2D eigenvalue weighted by atomic mass is 19.4. The standard InChI is InChI=1S/C25H23F4N7O2/c1-38-24-16(23(37)34-19-12-35(11-18(19)26)10-14-5-3-2-4-6-14)7-15(9-31-24)20-8-17(25(27,28)29)21-22(30)32-13-33-36(20)21/h2-9,13,18-19H,10-12H2,1H3,(H,34,37)(H2,30,32,33). The molecule has 1 aliphatic heterocycles. The lowest BCUT2D eigenvalue weighted by molar-refractivity contribution is -0.136. The highest BCUT2D eigenvalue weighted by Crippen LogP contribution is 2.39. The van der Waals surface area contributed by atoms with E-state index in [1.807, 2.05) is 35.2 Å². The Morgan fingerprint density at radius 2 is 1.95 bits per heavy atom. The Morgan fingerprint density at radius 1 is 1.18 bits per heavy atom. The zero-order chi connectivity index (χ0) is 27.0. The number of alkyl halides is 4. The summed E-state index contributed by atoms with van der Waals surface area (Å²) in [6.45, 7) is 0.959. The van der Waals surface area contributed by atoms with Crippen molar-refractivity contribution in [1.82, 2.24) is 29.8 Å². The molecule has 1 aliphatic rings. The van der Waals surface area contributed by atoms with Crippen molar-refractivity contribution in [1.29, 1.82) is 0 Å². The summed E-state index contributed by atoms with van der Waals surface area (Å²) in [5.74, 6) is -1.09. The number of pyridine rings is 1. The van der Waals surface area contributed by atoms with Crippen molar-refractivity contribution in [3.63, 3.8) is 0 Å². The van der Waals surface area contributed by atoms with Crippen LogP contribution in [-0.4, -0.2) is 62.8 Å². The van der Waals surface area contributed by atoms with E-state index in [0.717, 1.165) is 22.5 Å². The fraction of sp³-hybridized carbons (Fsp3) is 0.280. The van der Waals surface area contributed by atoms with Gasteiger partial charge in [0.2, 0.25) is 5.88 Å². The summed E-state index contributed by atoms with van der Waals surface area (Å²) >= 11 is 0. The molecule has 4 heterocycles. The maximum atomic E-state index is 14.8. The average Bonchev–Trinajstić information content (AvgIpc) is 3.45. The van der Waals surface area contributed by atoms with Crippen molar-refractivity contribution in [3.8, 4) is 17.1 Å². The van der Waals surface area contributed by atoms with E-state index in [1.54, 1.807) is 0 Å². The number of methoxy groups -OCH3 is 1. The number of carbonyl (C=O) groups excluding carboxylic acids is 1. The number of rotatable bonds is 6. The van der Waals surface area contributed by atoms with Gasteiger partial charge >= 0.3 is 6.18 Å². The van der Waals surface area contributed by atoms with Gasteiger partial charge in [0.05, 0.1) is 24.4 Å². The number of hydrogen-bond donors (Lipinski definition) is 2. The molecule has 1 amide bonds. The minimum atomic E-state index is -4.73. The third kappa shape index (κ3) is 4.84. The molecule has 5 rings (SSSR count). The van der Waals surface area contributed by atoms with E-state index < -0.39 is 35.4 Å². The lowest BCUT2D eigenvalue weighted by Crippen LogP contribution is -2.41. The van der Waals surface area contributed by atoms with E-state index in [0.29, 0.717) is 6.54 Å². The molecule has 3 N–H and O–H groups in total. The van der Waals surface area contributed by atoms with Crippen LogP contribution in [0.3, 0.4) is 0 Å². The van der Waals surface area contributed by atoms with Crippen LogP contribution in [0.15, 0.2) is 55.0 Å². The van der Waals surface area contributed by atoms with E-state index in [2.05, 4.69) is 20.4 Å². The number of anilines is 1. The van der Waals surface area contributed by atoms with Gasteiger partial charge in [0.1, 0.15) is 23.6 Å². The minimum Gasteiger partial charge on any atom is -0.480 e. The Balaban J connectivity index is 1.43. The molecule has 0 aliphatic carbocycles. The second-order valence-corrected chi connectivity index (χ2v) is 8.90. The van der Waals surface area contributed by atoms with Gasteiger partial charge in [0, 0.05) is 31.4 Å². The molecule has 13 heteroatoms. The first-order valence-electron chi connectivity index (χ1n) is 11.6. The van der Waals surface area contributed by atoms with Crippen molar-refractivity contribution < 1.29 is 27.1 Å². The number of nitrogens with two attached hydrogens (primary N) is 1. The molecule has 0 saturated carbocycles. The molecule has 4 aromatic rings. The number of fused-ring (bicyclic) bond motifs is 1. The molecule has 0 radical (unpaired) electrons. The number of benzene rings is 1. The summed E-state index contributed by atoms with van der Waals surface area (Å²) in [6, 6.07) is 11.0. The van der Waals surface area contributed by atoms with Gasteiger partial charge in [0.25, 0.3) is 5.91 Å². The zero-order valence-corrected chi connectivity index (χ0v) is 20.1. The summed E-state index contributed by atoms with van der Waals surface area (Å²) in [7, 11) is 1.30. The van der Waals surface area contributed by atoms with Crippen LogP contribution < -0.4 is 15.8 Å². The van der Waals surface area contributed by atoms with E-state index in [9.17, 15) is 22.4 Å². The van der Waals surface area contributed by atoms with E-state index in [4.69, 9.17) is 10.5 Å². The van der Waals surface area contributed by atoms with Crippen LogP contribution in [0.4, 0.5) is 23.4 Å². The number of aromatic nitrogens is 4. The van der Waals surface area contributed by atoms with Gasteiger partial charge in [-0.15, -0.1) is 0 Å². The Bertz CT molecular complexity index is 1480. The summed E-state index contributed by atoms with van der Waals surface area (Å²) in [6.07, 6.45) is -3.76. The largest absolute Gasteiger partial charge is 0.480 e. The van der Waals surface area contributed by atoms with Crippen molar-refractivity contribution in [2.24, 2.45) is 0 Å². The minimum absolute atomic E-state index is 0.0103. The maximum Gasteiger partial charge on any atom is 0.418 e. The molecule has 1 aromatic carbocycles. The first-order valence-corrected chi connectivity index (χ1v) is 11.6. The number of nitrogens with one attached hydrogen (secondary N) is 1. The topological polar surface area (TPSA) is 111 Å². The third-order valence-electron chi connectivity index (χ3n) is 6.36. The van der Waals surface area contributed by atoms with Gasteiger partial charge in [-0.2, -0.15) is 18.3 Å². The molecule has 38 heavy (non-hydrogen) atoms. The number of halogens is 4. The number of amides is 1. The number of ether oxygens (including phenoxy) is 1. The Labute approximate surface area is 214 Å². The molecule has 2 unspecified atom stereocenters. The molecule has 0 bridgehead atoms. The van der Waals surface area contributed by atoms with Gasteiger partial charge in [-0.25, -0.2) is 18.9 Å². The van der Waals surface area contributed by atoms with Crippen LogP contribution in [-0.2, 0) is 12.7 Å². The van der Waals surface area contributed by atoms with Gasteiger partial charge in [-0.05, 0) is 17.7 Å². The molecular weight excluding hydrogens is 506 g/mol. The van der Waals surface area contributed by atoms with Gasteiger partial charge in [0.15, 0.2) is 5.82 Å². The lowest BCUT2D eigenvalue weighted by Gasteiger charge is -2.17. The number of nitrogens with zero attached hydrogens (tertiary/aromatic N) is 5. The van der Waals surface area contributed by atoms with E-state index in [-0.39, 0.29) is 41.6 Å². The number of nitrogen functional groups attached to an aromatic ring is 1. The Hall–Kier alpha value is -4.26. The molecule has 0 spiro atoms. The van der Waals surface area contributed by atoms with Crippen LogP contribution in [0.25, 0.3) is 16.8 Å². The van der Waals surface area contributed by atoms with Gasteiger partial charge in [-0.3, -0.25) is 9.69 Å². The third-order valence-corrected chi connectivity index (χ3v) is 6.36. The SMILES string of the molecule is COc1ncc(-c2cc(C(F)(F)F)c3c(N)ncnn23)cc1C(=O)NC1CN(Cc2ccccc2)CC1F. The smallest absolute Gasteiger partial charge is 0.418 e. The molecule has 1 saturated heterocycles. The average molecular weight is 529 g/mol. The molecule has 9 nitrogen and oxygen atoms in total. The number of carbonyl (C=O) groups is 1. The number of likely N-dealkylation sites (tertiary alicyclic amines) is 1. The van der Waals surface area contributed by atoms with Crippen LogP contribution in [0.1, 0.15) is 21.5 Å². The van der Waals surface area contributed by atoms with Crippen LogP contribution in [0, 0.1) is 0 Å². The summed E-state index contributed by atoms with van der Waals surface area (Å²) in [5.41, 5.74) is 5.37. The summed E-state index contributed by atoms with van der Waals surface area (Å²) < 4.78 is 62.2. The quantitative estimate of drug-likeness (QED) is 0.369. The molecular formula is C25H23F4N7O2. The van der Waals surface area contributed by atoms with Crippen molar-refractivity contribution >= 4 is 17.2 Å². The summed E-state index contributed by atoms with van der Waals surface area (Å²) in [5, 5.41) is 6.60. The van der Waals surface area contributed by atoms with Crippen molar-refractivity contribution in [3.05, 3.63) is 71.7 Å². The van der Waals surface area contributed by atoms with E-state index >= 15 is 0 Å². The highest BCUT2D eigenvalue weighted by Gasteiger charge is 2.37. The second-order valence-electron chi connectivity index (χ2n) is 8.90. The predicted octanol–water partition coefficient (Wildman–Crippen LogP) is 3.35. The Kier molecular flexibility index (Phi) is 6.61. The molecule has 198 valence electrons. The van der Waals surface area contributed by atoms with Gasteiger partial charge in [-0.1, -0.05) is 30.3 Å². The van der Waals surface area contributed by atoms with Crippen LogP contribution in [0.2, 0.25) is 0 Å². The van der Waals surface area contributed by atoms with Crippen molar-refractivity contribution in [2.75, 3.05) is 25.9 Å². The zero-order valence-electron chi connectivity index (χ0n) is 20.1. The molecule has 1 fully saturated rings. The second kappa shape index (κ2) is 9.89. The summed E-state index contributed by atoms with van der Waals surface area (Å²) in [4.78, 5) is 22.9. The highest BCUT2D eigenvalue weighted by molar-refractivity contribution is 5.98. The van der Waals surface area contributed by atoms with E-state index in [1.165, 1.54) is 19.4 Å². The fourth-order valence-electron chi connectivity index (χ4n) is 4.60. The fourth-order valence-corrected chi connectivity index (χ4v) is 4.60. The first-order chi connectivity index (χ1) is 18.2. The normalized spacial score (nSPS) is 18.1. The van der Waals surface area contributed by atoms with Crippen LogP contribution in [0.5, 0.6) is 5.88 Å². The first kappa shape index (κ1) is 25.4. The number of hydrogen-bond acceptors (Lipinski definition) is 7. The van der Waals surface area contributed by atoms with Gasteiger partial charge < -0.3 is 15.8 Å². The Morgan fingerprint density at radius 3 is 2.66 bits per heavy atom. The molecule has 2 atom stereocenters. The lowest BCUT2D eigenvalue weighted by atomic mass is 10.1. The van der Waals surface area contributed by atoms with Crippen molar-refractivity contribution in [2.45, 2.75) is 24.9 Å². The monoisotopic (exact) mass is 529 g/mol. The van der Waals surface area contributed by atoms with Crippen LogP contribution >= 0.6 is 0 Å². The maximum absolute atomic E-state index is 14.8. The predicted molar refractivity (Wildman–Crippen MR) is 130 cm³/mol. The molecule has 3 aromatic heterocycles.